The Bertz CT molecular complexity index is 1690. The highest BCUT2D eigenvalue weighted by atomic mass is 16.5. The van der Waals surface area contributed by atoms with Gasteiger partial charge >= 0.3 is 0 Å². The van der Waals surface area contributed by atoms with Crippen LogP contribution in [0.2, 0.25) is 0 Å². The third kappa shape index (κ3) is 6.25. The minimum absolute atomic E-state index is 0.0358. The zero-order chi connectivity index (χ0) is 32.7. The number of carbonyl (C=O) groups excluding carboxylic acids is 2. The molecule has 0 spiro atoms. The smallest absolute Gasteiger partial charge is 0.289 e. The van der Waals surface area contributed by atoms with Crippen LogP contribution in [0.25, 0.3) is 0 Å². The lowest BCUT2D eigenvalue weighted by Crippen LogP contribution is -2.44. The number of aliphatic imine (C=N–C) groups is 1. The SMILES string of the molecule is CCOC1CCN(C(=O)c2ccc(NC3=NC(c4cccc(N5CCc6cc(C7CC7)ccc6C5O)c4CO)CN(C)C3=O)cc2)C1. The maximum atomic E-state index is 13.2. The number of hydrogen-bond donors (Lipinski definition) is 3. The van der Waals surface area contributed by atoms with E-state index in [2.05, 4.69) is 23.5 Å². The van der Waals surface area contributed by atoms with E-state index in [1.807, 2.05) is 34.9 Å². The average molecular weight is 638 g/mol. The fourth-order valence-corrected chi connectivity index (χ4v) is 7.22. The second-order valence-electron chi connectivity index (χ2n) is 13.1. The van der Waals surface area contributed by atoms with Gasteiger partial charge in [-0.05, 0) is 85.5 Å². The third-order valence-electron chi connectivity index (χ3n) is 9.94. The number of nitrogens with zero attached hydrogens (tertiary/aromatic N) is 4. The van der Waals surface area contributed by atoms with Gasteiger partial charge < -0.3 is 35.0 Å². The van der Waals surface area contributed by atoms with Crippen molar-refractivity contribution in [2.24, 2.45) is 4.99 Å². The molecule has 47 heavy (non-hydrogen) atoms. The van der Waals surface area contributed by atoms with Gasteiger partial charge in [0.2, 0.25) is 0 Å². The normalized spacial score (nSPS) is 22.7. The molecule has 3 unspecified atom stereocenters. The summed E-state index contributed by atoms with van der Waals surface area (Å²) in [4.78, 5) is 36.5. The molecule has 2 amide bonds. The zero-order valence-corrected chi connectivity index (χ0v) is 27.1. The number of nitrogens with one attached hydrogen (secondary N) is 1. The number of amides is 2. The molecule has 3 aliphatic heterocycles. The number of likely N-dealkylation sites (N-methyl/N-ethyl adjacent to an activating group) is 1. The molecule has 1 saturated carbocycles. The molecular weight excluding hydrogens is 594 g/mol. The van der Waals surface area contributed by atoms with Crippen LogP contribution in [0.15, 0.2) is 65.7 Å². The van der Waals surface area contributed by atoms with E-state index < -0.39 is 12.3 Å². The Kier molecular flexibility index (Phi) is 8.74. The van der Waals surface area contributed by atoms with Crippen LogP contribution in [0.5, 0.6) is 0 Å². The van der Waals surface area contributed by atoms with E-state index in [4.69, 9.17) is 9.73 Å². The van der Waals surface area contributed by atoms with Gasteiger partial charge in [0.15, 0.2) is 12.1 Å². The van der Waals surface area contributed by atoms with E-state index in [1.54, 1.807) is 36.2 Å². The topological polar surface area (TPSA) is 118 Å². The number of rotatable bonds is 8. The van der Waals surface area contributed by atoms with E-state index in [0.717, 1.165) is 29.7 Å². The Balaban J connectivity index is 1.10. The first kappa shape index (κ1) is 31.4. The van der Waals surface area contributed by atoms with Crippen LogP contribution in [0.4, 0.5) is 11.4 Å². The van der Waals surface area contributed by atoms with E-state index in [1.165, 1.54) is 24.0 Å². The zero-order valence-electron chi connectivity index (χ0n) is 27.1. The first-order chi connectivity index (χ1) is 22.8. The molecule has 1 saturated heterocycles. The molecule has 2 fully saturated rings. The second kappa shape index (κ2) is 13.1. The van der Waals surface area contributed by atoms with Gasteiger partial charge in [-0.25, -0.2) is 0 Å². The van der Waals surface area contributed by atoms with Gasteiger partial charge in [-0.15, -0.1) is 0 Å². The van der Waals surface area contributed by atoms with Crippen LogP contribution in [-0.4, -0.2) is 83.6 Å². The maximum Gasteiger partial charge on any atom is 0.289 e. The monoisotopic (exact) mass is 637 g/mol. The number of benzene rings is 3. The Hall–Kier alpha value is -4.25. The Morgan fingerprint density at radius 3 is 2.57 bits per heavy atom. The van der Waals surface area contributed by atoms with E-state index >= 15 is 0 Å². The minimum atomic E-state index is -0.824. The van der Waals surface area contributed by atoms with Crippen molar-refractivity contribution in [1.82, 2.24) is 9.80 Å². The van der Waals surface area contributed by atoms with Crippen LogP contribution in [0.1, 0.15) is 82.5 Å². The summed E-state index contributed by atoms with van der Waals surface area (Å²) in [6.07, 6.45) is 3.39. The summed E-state index contributed by atoms with van der Waals surface area (Å²) in [5, 5.41) is 25.3. The fourth-order valence-electron chi connectivity index (χ4n) is 7.22. The molecule has 3 aromatic rings. The van der Waals surface area contributed by atoms with Crippen LogP contribution < -0.4 is 10.2 Å². The molecule has 10 heteroatoms. The molecule has 7 rings (SSSR count). The highest BCUT2D eigenvalue weighted by Crippen LogP contribution is 2.43. The number of hydrogen-bond acceptors (Lipinski definition) is 8. The fraction of sp³-hybridized carbons (Fsp3) is 0.432. The number of carbonyl (C=O) groups is 2. The number of ether oxygens (including phenoxy) is 1. The van der Waals surface area contributed by atoms with Gasteiger partial charge in [-0.2, -0.15) is 0 Å². The van der Waals surface area contributed by atoms with E-state index in [0.29, 0.717) is 55.5 Å². The molecule has 3 aromatic carbocycles. The molecule has 246 valence electrons. The first-order valence-electron chi connectivity index (χ1n) is 16.8. The lowest BCUT2D eigenvalue weighted by Gasteiger charge is -2.38. The van der Waals surface area contributed by atoms with E-state index in [9.17, 15) is 19.8 Å². The highest BCUT2D eigenvalue weighted by Gasteiger charge is 2.33. The Morgan fingerprint density at radius 1 is 1.02 bits per heavy atom. The van der Waals surface area contributed by atoms with Crippen molar-refractivity contribution in [3.63, 3.8) is 0 Å². The quantitative estimate of drug-likeness (QED) is 0.336. The van der Waals surface area contributed by atoms with Crippen molar-refractivity contribution >= 4 is 29.0 Å². The number of amidine groups is 1. The van der Waals surface area contributed by atoms with Crippen molar-refractivity contribution < 1.29 is 24.5 Å². The van der Waals surface area contributed by atoms with E-state index in [-0.39, 0.29) is 30.4 Å². The molecule has 3 atom stereocenters. The van der Waals surface area contributed by atoms with Crippen molar-refractivity contribution in [2.75, 3.05) is 50.1 Å². The predicted octanol–water partition coefficient (Wildman–Crippen LogP) is 4.38. The summed E-state index contributed by atoms with van der Waals surface area (Å²) >= 11 is 0. The molecule has 3 N–H and O–H groups in total. The van der Waals surface area contributed by atoms with Crippen LogP contribution in [0.3, 0.4) is 0 Å². The van der Waals surface area contributed by atoms with Gasteiger partial charge in [0, 0.05) is 67.9 Å². The predicted molar refractivity (Wildman–Crippen MR) is 181 cm³/mol. The van der Waals surface area contributed by atoms with Gasteiger partial charge in [-0.1, -0.05) is 30.3 Å². The summed E-state index contributed by atoms with van der Waals surface area (Å²) in [6, 6.07) is 18.9. The van der Waals surface area contributed by atoms with Crippen LogP contribution >= 0.6 is 0 Å². The van der Waals surface area contributed by atoms with Gasteiger partial charge in [0.05, 0.1) is 18.8 Å². The number of likely N-dealkylation sites (tertiary alicyclic amines) is 1. The number of aliphatic hydroxyl groups is 2. The lowest BCUT2D eigenvalue weighted by molar-refractivity contribution is -0.123. The lowest BCUT2D eigenvalue weighted by atomic mass is 9.92. The summed E-state index contributed by atoms with van der Waals surface area (Å²) in [5.74, 6) is 0.572. The molecule has 0 radical (unpaired) electrons. The second-order valence-corrected chi connectivity index (χ2v) is 13.1. The highest BCUT2D eigenvalue weighted by molar-refractivity contribution is 6.42. The van der Waals surface area contributed by atoms with Gasteiger partial charge in [0.25, 0.3) is 11.8 Å². The van der Waals surface area contributed by atoms with Crippen molar-refractivity contribution in [3.05, 3.63) is 94.0 Å². The standard InChI is InChI=1S/C37H43N5O5/c1-3-47-28-16-17-41(20-28)35(44)24-9-12-27(13-10-24)38-34-37(46)40(2)21-32(39-34)30-5-4-6-33(31(30)22-43)42-18-15-26-19-25(23-7-8-23)11-14-29(26)36(42)45/h4-6,9-14,19,23,28,32,36,43,45H,3,7-8,15-18,20-22H2,1-2H3,(H,38,39). The van der Waals surface area contributed by atoms with Crippen LogP contribution in [0, 0.1) is 0 Å². The van der Waals surface area contributed by atoms with Crippen molar-refractivity contribution in [2.45, 2.75) is 63.5 Å². The van der Waals surface area contributed by atoms with Gasteiger partial charge in [0.1, 0.15) is 0 Å². The maximum absolute atomic E-state index is 13.2. The molecule has 3 heterocycles. The minimum Gasteiger partial charge on any atom is -0.392 e. The summed E-state index contributed by atoms with van der Waals surface area (Å²) < 4.78 is 5.68. The summed E-state index contributed by atoms with van der Waals surface area (Å²) in [7, 11) is 1.74. The van der Waals surface area contributed by atoms with Gasteiger partial charge in [-0.3, -0.25) is 14.6 Å². The largest absolute Gasteiger partial charge is 0.392 e. The number of anilines is 2. The summed E-state index contributed by atoms with van der Waals surface area (Å²) in [6.45, 7) is 4.60. The molecule has 0 bridgehead atoms. The van der Waals surface area contributed by atoms with Crippen molar-refractivity contribution in [1.29, 1.82) is 0 Å². The molecular formula is C37H43N5O5. The number of fused-ring (bicyclic) bond motifs is 1. The molecule has 1 aliphatic carbocycles. The summed E-state index contributed by atoms with van der Waals surface area (Å²) in [5.41, 5.74) is 6.95. The molecule has 0 aromatic heterocycles. The Morgan fingerprint density at radius 2 is 1.83 bits per heavy atom. The molecule has 4 aliphatic rings. The average Bonchev–Trinajstić information content (AvgIpc) is 3.84. The molecule has 10 nitrogen and oxygen atoms in total. The third-order valence-corrected chi connectivity index (χ3v) is 9.94. The van der Waals surface area contributed by atoms with Crippen LogP contribution in [-0.2, 0) is 22.6 Å². The van der Waals surface area contributed by atoms with Crippen molar-refractivity contribution in [3.8, 4) is 0 Å². The Labute approximate surface area is 275 Å². The number of aliphatic hydroxyl groups excluding tert-OH is 2. The first-order valence-corrected chi connectivity index (χ1v) is 16.8.